The van der Waals surface area contributed by atoms with E-state index in [0.717, 1.165) is 18.8 Å². The van der Waals surface area contributed by atoms with E-state index in [1.165, 1.54) is 0 Å². The number of amides is 1. The van der Waals surface area contributed by atoms with E-state index in [1.54, 1.807) is 37.2 Å². The van der Waals surface area contributed by atoms with Gasteiger partial charge in [-0.1, -0.05) is 11.6 Å². The smallest absolute Gasteiger partial charge is 0.255 e. The maximum atomic E-state index is 12.1. The quantitative estimate of drug-likeness (QED) is 0.822. The van der Waals surface area contributed by atoms with Crippen molar-refractivity contribution in [3.63, 3.8) is 0 Å². The lowest BCUT2D eigenvalue weighted by Crippen LogP contribution is -2.38. The lowest BCUT2D eigenvalue weighted by atomic mass is 10.1. The summed E-state index contributed by atoms with van der Waals surface area (Å²) in [4.78, 5) is 13.7. The number of halogens is 1. The molecule has 0 heterocycles. The summed E-state index contributed by atoms with van der Waals surface area (Å²) < 4.78 is 0. The molecule has 0 aromatic heterocycles. The van der Waals surface area contributed by atoms with Crippen molar-refractivity contribution in [3.8, 4) is 0 Å². The molecule has 0 radical (unpaired) electrons. The van der Waals surface area contributed by atoms with Gasteiger partial charge >= 0.3 is 0 Å². The van der Waals surface area contributed by atoms with E-state index in [-0.39, 0.29) is 11.4 Å². The van der Waals surface area contributed by atoms with Crippen LogP contribution in [0.2, 0.25) is 5.02 Å². The second-order valence-electron chi connectivity index (χ2n) is 5.99. The number of hydrogen-bond donors (Lipinski definition) is 2. The van der Waals surface area contributed by atoms with Crippen LogP contribution in [0.15, 0.2) is 18.2 Å². The molecular formula is C15H24ClN3O. The lowest BCUT2D eigenvalue weighted by molar-refractivity contribution is 0.0828. The van der Waals surface area contributed by atoms with Gasteiger partial charge in [-0.3, -0.25) is 4.79 Å². The molecular weight excluding hydrogens is 274 g/mol. The summed E-state index contributed by atoms with van der Waals surface area (Å²) in [6.07, 6.45) is 0. The largest absolute Gasteiger partial charge is 0.383 e. The predicted molar refractivity (Wildman–Crippen MR) is 85.7 cm³/mol. The molecule has 112 valence electrons. The highest BCUT2D eigenvalue weighted by Gasteiger charge is 2.14. The van der Waals surface area contributed by atoms with Crippen LogP contribution in [-0.2, 0) is 0 Å². The van der Waals surface area contributed by atoms with Crippen molar-refractivity contribution in [2.24, 2.45) is 0 Å². The van der Waals surface area contributed by atoms with Gasteiger partial charge in [0.25, 0.3) is 5.91 Å². The summed E-state index contributed by atoms with van der Waals surface area (Å²) in [6.45, 7) is 7.89. The van der Waals surface area contributed by atoms with E-state index in [0.29, 0.717) is 10.6 Å². The minimum Gasteiger partial charge on any atom is -0.383 e. The zero-order valence-corrected chi connectivity index (χ0v) is 13.6. The molecule has 4 nitrogen and oxygen atoms in total. The number of nitrogens with zero attached hydrogens (tertiary/aromatic N) is 1. The Hall–Kier alpha value is -1.26. The van der Waals surface area contributed by atoms with Gasteiger partial charge < -0.3 is 15.5 Å². The van der Waals surface area contributed by atoms with Crippen molar-refractivity contribution in [3.05, 3.63) is 28.8 Å². The van der Waals surface area contributed by atoms with Gasteiger partial charge in [0.15, 0.2) is 0 Å². The van der Waals surface area contributed by atoms with Gasteiger partial charge in [0.1, 0.15) is 0 Å². The molecule has 1 rings (SSSR count). The summed E-state index contributed by atoms with van der Waals surface area (Å²) in [6, 6.07) is 5.27. The third-order valence-electron chi connectivity index (χ3n) is 2.71. The van der Waals surface area contributed by atoms with E-state index < -0.39 is 0 Å². The minimum atomic E-state index is -0.0343. The van der Waals surface area contributed by atoms with Crippen LogP contribution in [0.1, 0.15) is 31.1 Å². The van der Waals surface area contributed by atoms with E-state index >= 15 is 0 Å². The number of carbonyl (C=O) groups is 1. The van der Waals surface area contributed by atoms with Crippen LogP contribution in [0.3, 0.4) is 0 Å². The van der Waals surface area contributed by atoms with Crippen LogP contribution >= 0.6 is 11.6 Å². The lowest BCUT2D eigenvalue weighted by Gasteiger charge is -2.21. The van der Waals surface area contributed by atoms with Gasteiger partial charge in [0, 0.05) is 43.4 Å². The topological polar surface area (TPSA) is 44.4 Å². The molecule has 5 heteroatoms. The molecule has 0 aliphatic carbocycles. The zero-order valence-electron chi connectivity index (χ0n) is 12.9. The Labute approximate surface area is 126 Å². The van der Waals surface area contributed by atoms with Gasteiger partial charge in [-0.25, -0.2) is 0 Å². The zero-order chi connectivity index (χ0) is 15.3. The molecule has 1 aromatic rings. The molecule has 0 spiro atoms. The first-order valence-corrected chi connectivity index (χ1v) is 7.08. The number of nitrogens with one attached hydrogen (secondary N) is 2. The second kappa shape index (κ2) is 6.95. The third kappa shape index (κ3) is 5.39. The van der Waals surface area contributed by atoms with Crippen LogP contribution < -0.4 is 10.6 Å². The van der Waals surface area contributed by atoms with Gasteiger partial charge in [0.05, 0.1) is 5.56 Å². The molecule has 0 unspecified atom stereocenters. The summed E-state index contributed by atoms with van der Waals surface area (Å²) in [5.74, 6) is -0.0343. The van der Waals surface area contributed by atoms with Crippen molar-refractivity contribution >= 4 is 23.2 Å². The van der Waals surface area contributed by atoms with E-state index in [9.17, 15) is 4.79 Å². The van der Waals surface area contributed by atoms with E-state index in [4.69, 9.17) is 11.6 Å². The monoisotopic (exact) mass is 297 g/mol. The standard InChI is InChI=1S/C15H24ClN3O/c1-15(2,3)18-9-8-17-13-10-11(16)6-7-12(13)14(20)19(4)5/h6-7,10,17-18H,8-9H2,1-5H3. The van der Waals surface area contributed by atoms with Crippen LogP contribution in [0.4, 0.5) is 5.69 Å². The second-order valence-corrected chi connectivity index (χ2v) is 6.43. The first-order valence-electron chi connectivity index (χ1n) is 6.71. The Bertz CT molecular complexity index is 467. The summed E-state index contributed by atoms with van der Waals surface area (Å²) in [5, 5.41) is 7.27. The van der Waals surface area contributed by atoms with Crippen LogP contribution in [0.25, 0.3) is 0 Å². The van der Waals surface area contributed by atoms with Gasteiger partial charge in [-0.05, 0) is 39.0 Å². The normalized spacial score (nSPS) is 11.3. The Morgan fingerprint density at radius 1 is 1.25 bits per heavy atom. The van der Waals surface area contributed by atoms with Crippen LogP contribution in [0.5, 0.6) is 0 Å². The summed E-state index contributed by atoms with van der Waals surface area (Å²) >= 11 is 6.01. The Morgan fingerprint density at radius 2 is 1.90 bits per heavy atom. The fraction of sp³-hybridized carbons (Fsp3) is 0.533. The Kier molecular flexibility index (Phi) is 5.84. The first-order chi connectivity index (χ1) is 9.20. The minimum absolute atomic E-state index is 0.0343. The maximum Gasteiger partial charge on any atom is 0.255 e. The third-order valence-corrected chi connectivity index (χ3v) is 2.95. The summed E-state index contributed by atoms with van der Waals surface area (Å²) in [5.41, 5.74) is 1.49. The molecule has 20 heavy (non-hydrogen) atoms. The molecule has 1 amide bonds. The van der Waals surface area contributed by atoms with Gasteiger partial charge in [-0.15, -0.1) is 0 Å². The molecule has 0 aliphatic rings. The number of benzene rings is 1. The highest BCUT2D eigenvalue weighted by atomic mass is 35.5. The average Bonchev–Trinajstić information content (AvgIpc) is 2.33. The van der Waals surface area contributed by atoms with E-state index in [1.807, 2.05) is 0 Å². The SMILES string of the molecule is CN(C)C(=O)c1ccc(Cl)cc1NCCNC(C)(C)C. The van der Waals surface area contributed by atoms with Crippen molar-refractivity contribution in [1.82, 2.24) is 10.2 Å². The number of rotatable bonds is 5. The molecule has 0 saturated heterocycles. The fourth-order valence-electron chi connectivity index (χ4n) is 1.72. The molecule has 2 N–H and O–H groups in total. The van der Waals surface area contributed by atoms with Crippen LogP contribution in [0, 0.1) is 0 Å². The maximum absolute atomic E-state index is 12.1. The van der Waals surface area contributed by atoms with Crippen molar-refractivity contribution in [1.29, 1.82) is 0 Å². The predicted octanol–water partition coefficient (Wildman–Crippen LogP) is 2.84. The highest BCUT2D eigenvalue weighted by molar-refractivity contribution is 6.31. The molecule has 0 aliphatic heterocycles. The van der Waals surface area contributed by atoms with Gasteiger partial charge in [0.2, 0.25) is 0 Å². The average molecular weight is 298 g/mol. The summed E-state index contributed by atoms with van der Waals surface area (Å²) in [7, 11) is 3.48. The highest BCUT2D eigenvalue weighted by Crippen LogP contribution is 2.22. The van der Waals surface area contributed by atoms with Crippen molar-refractivity contribution in [2.45, 2.75) is 26.3 Å². The number of anilines is 1. The number of hydrogen-bond acceptors (Lipinski definition) is 3. The van der Waals surface area contributed by atoms with Crippen LogP contribution in [-0.4, -0.2) is 43.5 Å². The molecule has 0 saturated carbocycles. The number of carbonyl (C=O) groups excluding carboxylic acids is 1. The Morgan fingerprint density at radius 3 is 2.45 bits per heavy atom. The molecule has 1 aromatic carbocycles. The molecule has 0 atom stereocenters. The Balaban J connectivity index is 2.73. The fourth-order valence-corrected chi connectivity index (χ4v) is 1.90. The molecule has 0 fully saturated rings. The van der Waals surface area contributed by atoms with E-state index in [2.05, 4.69) is 31.4 Å². The van der Waals surface area contributed by atoms with Crippen molar-refractivity contribution < 1.29 is 4.79 Å². The first kappa shape index (κ1) is 16.8. The van der Waals surface area contributed by atoms with Crippen molar-refractivity contribution in [2.75, 3.05) is 32.5 Å². The van der Waals surface area contributed by atoms with Gasteiger partial charge in [-0.2, -0.15) is 0 Å². The molecule has 0 bridgehead atoms.